The van der Waals surface area contributed by atoms with Gasteiger partial charge in [-0.2, -0.15) is 5.10 Å². The number of pyridine rings is 2. The number of rotatable bonds is 5. The molecular formula is C16H16N4O3. The Labute approximate surface area is 132 Å². The summed E-state index contributed by atoms with van der Waals surface area (Å²) in [4.78, 5) is 20.4. The summed E-state index contributed by atoms with van der Waals surface area (Å²) in [5, 5.41) is 4.50. The van der Waals surface area contributed by atoms with Gasteiger partial charge in [-0.05, 0) is 24.3 Å². The van der Waals surface area contributed by atoms with Crippen LogP contribution in [0.5, 0.6) is 0 Å². The summed E-state index contributed by atoms with van der Waals surface area (Å²) in [7, 11) is 2.97. The zero-order valence-electron chi connectivity index (χ0n) is 12.9. The van der Waals surface area contributed by atoms with Gasteiger partial charge in [-0.15, -0.1) is 0 Å². The molecule has 0 unspecified atom stereocenters. The molecule has 0 spiro atoms. The lowest BCUT2D eigenvalue weighted by Crippen LogP contribution is -2.06. The van der Waals surface area contributed by atoms with Crippen molar-refractivity contribution in [2.45, 2.75) is 6.42 Å². The lowest BCUT2D eigenvalue weighted by molar-refractivity contribution is 0.0602. The van der Waals surface area contributed by atoms with E-state index in [1.165, 1.54) is 7.11 Å². The van der Waals surface area contributed by atoms with Crippen molar-refractivity contribution in [3.8, 4) is 11.3 Å². The van der Waals surface area contributed by atoms with Crippen LogP contribution in [0, 0.1) is 0 Å². The molecule has 3 aromatic rings. The molecule has 0 atom stereocenters. The lowest BCUT2D eigenvalue weighted by atomic mass is 10.1. The van der Waals surface area contributed by atoms with E-state index in [0.29, 0.717) is 30.1 Å². The highest BCUT2D eigenvalue weighted by Crippen LogP contribution is 2.22. The van der Waals surface area contributed by atoms with Crippen molar-refractivity contribution in [3.63, 3.8) is 0 Å². The molecule has 0 N–H and O–H groups in total. The molecule has 3 heterocycles. The van der Waals surface area contributed by atoms with Crippen molar-refractivity contribution < 1.29 is 14.3 Å². The molecule has 0 amide bonds. The summed E-state index contributed by atoms with van der Waals surface area (Å²) in [6.45, 7) is 0.509. The Hall–Kier alpha value is -2.80. The molecule has 3 aromatic heterocycles. The van der Waals surface area contributed by atoms with Gasteiger partial charge in [0.2, 0.25) is 0 Å². The van der Waals surface area contributed by atoms with Gasteiger partial charge in [0.05, 0.1) is 19.4 Å². The molecule has 118 valence electrons. The molecule has 0 radical (unpaired) electrons. The van der Waals surface area contributed by atoms with Crippen LogP contribution in [0.4, 0.5) is 0 Å². The van der Waals surface area contributed by atoms with Gasteiger partial charge in [-0.25, -0.2) is 14.3 Å². The molecule has 0 aromatic carbocycles. The Morgan fingerprint density at radius 2 is 1.96 bits per heavy atom. The molecule has 7 nitrogen and oxygen atoms in total. The van der Waals surface area contributed by atoms with Crippen molar-refractivity contribution in [2.24, 2.45) is 0 Å². The van der Waals surface area contributed by atoms with Gasteiger partial charge >= 0.3 is 5.97 Å². The number of methoxy groups -OCH3 is 2. The molecule has 7 heteroatoms. The molecule has 3 rings (SSSR count). The summed E-state index contributed by atoms with van der Waals surface area (Å²) in [5.74, 6) is 0.167. The molecule has 23 heavy (non-hydrogen) atoms. The number of fused-ring (bicyclic) bond motifs is 1. The normalized spacial score (nSPS) is 10.9. The summed E-state index contributed by atoms with van der Waals surface area (Å²) in [5.41, 5.74) is 2.61. The van der Waals surface area contributed by atoms with E-state index >= 15 is 0 Å². The van der Waals surface area contributed by atoms with Crippen LogP contribution in [-0.4, -0.2) is 46.4 Å². The van der Waals surface area contributed by atoms with Crippen molar-refractivity contribution in [3.05, 3.63) is 48.0 Å². The average molecular weight is 312 g/mol. The minimum Gasteiger partial charge on any atom is -0.465 e. The number of aromatic nitrogens is 4. The summed E-state index contributed by atoms with van der Waals surface area (Å²) >= 11 is 0. The second-order valence-electron chi connectivity index (χ2n) is 4.87. The zero-order valence-corrected chi connectivity index (χ0v) is 12.9. The Morgan fingerprint density at radius 1 is 1.17 bits per heavy atom. The predicted molar refractivity (Wildman–Crippen MR) is 83.1 cm³/mol. The van der Waals surface area contributed by atoms with Crippen LogP contribution >= 0.6 is 0 Å². The number of carbonyl (C=O) groups excluding carboxylic acids is 1. The maximum absolute atomic E-state index is 12.0. The van der Waals surface area contributed by atoms with Crippen molar-refractivity contribution in [1.82, 2.24) is 19.6 Å². The topological polar surface area (TPSA) is 78.6 Å². The Morgan fingerprint density at radius 3 is 2.65 bits per heavy atom. The second-order valence-corrected chi connectivity index (χ2v) is 4.87. The van der Waals surface area contributed by atoms with E-state index < -0.39 is 5.97 Å². The van der Waals surface area contributed by atoms with Crippen molar-refractivity contribution >= 4 is 11.6 Å². The molecular weight excluding hydrogens is 296 g/mol. The van der Waals surface area contributed by atoms with E-state index in [-0.39, 0.29) is 0 Å². The van der Waals surface area contributed by atoms with E-state index in [4.69, 9.17) is 9.47 Å². The zero-order chi connectivity index (χ0) is 16.2. The maximum Gasteiger partial charge on any atom is 0.341 e. The van der Waals surface area contributed by atoms with E-state index in [0.717, 1.165) is 11.3 Å². The highest BCUT2D eigenvalue weighted by Gasteiger charge is 2.18. The fourth-order valence-corrected chi connectivity index (χ4v) is 2.31. The largest absolute Gasteiger partial charge is 0.465 e. The summed E-state index contributed by atoms with van der Waals surface area (Å²) in [6.07, 6.45) is 3.98. The van der Waals surface area contributed by atoms with Crippen LogP contribution in [0.2, 0.25) is 0 Å². The molecule has 0 fully saturated rings. The van der Waals surface area contributed by atoms with Crippen LogP contribution in [0.3, 0.4) is 0 Å². The predicted octanol–water partition coefficient (Wildman–Crippen LogP) is 1.77. The first-order chi connectivity index (χ1) is 11.2. The van der Waals surface area contributed by atoms with E-state index in [1.807, 2.05) is 18.2 Å². The number of nitrogens with zero attached hydrogens (tertiary/aromatic N) is 4. The van der Waals surface area contributed by atoms with E-state index in [2.05, 4.69) is 15.1 Å². The first kappa shape index (κ1) is 15.1. The van der Waals surface area contributed by atoms with Gasteiger partial charge in [0.15, 0.2) is 11.5 Å². The highest BCUT2D eigenvalue weighted by atomic mass is 16.5. The van der Waals surface area contributed by atoms with Gasteiger partial charge in [0, 0.05) is 31.5 Å². The first-order valence-electron chi connectivity index (χ1n) is 7.11. The fourth-order valence-electron chi connectivity index (χ4n) is 2.31. The van der Waals surface area contributed by atoms with Gasteiger partial charge < -0.3 is 9.47 Å². The van der Waals surface area contributed by atoms with Gasteiger partial charge in [0.1, 0.15) is 5.56 Å². The van der Waals surface area contributed by atoms with Crippen LogP contribution in [0.25, 0.3) is 16.9 Å². The van der Waals surface area contributed by atoms with Crippen LogP contribution < -0.4 is 0 Å². The van der Waals surface area contributed by atoms with Crippen molar-refractivity contribution in [1.29, 1.82) is 0 Å². The van der Waals surface area contributed by atoms with Gasteiger partial charge in [-0.3, -0.25) is 4.98 Å². The Balaban J connectivity index is 2.18. The SMILES string of the molecule is COCCc1nc2c(C(=O)OC)ccc(-c3ccncc3)n2n1. The van der Waals surface area contributed by atoms with Gasteiger partial charge in [-0.1, -0.05) is 0 Å². The van der Waals surface area contributed by atoms with Crippen molar-refractivity contribution in [2.75, 3.05) is 20.8 Å². The Bertz CT molecular complexity index is 830. The lowest BCUT2D eigenvalue weighted by Gasteiger charge is -2.06. The van der Waals surface area contributed by atoms with Gasteiger partial charge in [0.25, 0.3) is 0 Å². The summed E-state index contributed by atoms with van der Waals surface area (Å²) in [6, 6.07) is 7.28. The quantitative estimate of drug-likeness (QED) is 0.668. The molecule has 0 aliphatic rings. The third-order valence-electron chi connectivity index (χ3n) is 3.44. The van der Waals surface area contributed by atoms with Crippen LogP contribution in [0.1, 0.15) is 16.2 Å². The fraction of sp³-hybridized carbons (Fsp3) is 0.250. The number of esters is 1. The number of hydrogen-bond acceptors (Lipinski definition) is 6. The number of hydrogen-bond donors (Lipinski definition) is 0. The number of ether oxygens (including phenoxy) is 2. The Kier molecular flexibility index (Phi) is 4.29. The first-order valence-corrected chi connectivity index (χ1v) is 7.11. The minimum atomic E-state index is -0.443. The smallest absolute Gasteiger partial charge is 0.341 e. The molecule has 0 saturated heterocycles. The molecule has 0 aliphatic heterocycles. The maximum atomic E-state index is 12.0. The third-order valence-corrected chi connectivity index (χ3v) is 3.44. The number of carbonyl (C=O) groups is 1. The van der Waals surface area contributed by atoms with E-state index in [9.17, 15) is 4.79 Å². The third kappa shape index (κ3) is 2.91. The standard InChI is InChI=1S/C16H16N4O3/c1-22-10-7-14-18-15-12(16(21)23-2)3-4-13(20(15)19-14)11-5-8-17-9-6-11/h3-6,8-9H,7,10H2,1-2H3. The van der Waals surface area contributed by atoms with Crippen LogP contribution in [-0.2, 0) is 15.9 Å². The average Bonchev–Trinajstić information content (AvgIpc) is 3.03. The van der Waals surface area contributed by atoms with E-state index in [1.54, 1.807) is 30.1 Å². The minimum absolute atomic E-state index is 0.376. The second kappa shape index (κ2) is 6.53. The molecule has 0 bridgehead atoms. The summed E-state index contributed by atoms with van der Waals surface area (Å²) < 4.78 is 11.6. The van der Waals surface area contributed by atoms with Crippen LogP contribution in [0.15, 0.2) is 36.7 Å². The highest BCUT2D eigenvalue weighted by molar-refractivity contribution is 5.96. The molecule has 0 saturated carbocycles. The molecule has 0 aliphatic carbocycles. The monoisotopic (exact) mass is 312 g/mol.